The topological polar surface area (TPSA) is 41.5 Å². The van der Waals surface area contributed by atoms with E-state index >= 15 is 0 Å². The third-order valence-corrected chi connectivity index (χ3v) is 8.42. The Bertz CT molecular complexity index is 883. The largest absolute Gasteiger partial charge is 0.808 e. The second kappa shape index (κ2) is 23.4. The molecule has 2 aromatic carbocycles. The number of benzene rings is 2. The molecule has 0 N–H and O–H groups in total. The van der Waals surface area contributed by atoms with Gasteiger partial charge in [-0.05, 0) is 88.5 Å². The van der Waals surface area contributed by atoms with Crippen molar-refractivity contribution in [3.05, 3.63) is 58.7 Å². The summed E-state index contributed by atoms with van der Waals surface area (Å²) in [6.45, 7) is 23.4. The summed E-state index contributed by atoms with van der Waals surface area (Å²) in [6.07, 6.45) is 17.2. The second-order valence-corrected chi connectivity index (χ2v) is 12.6. The minimum Gasteiger partial charge on any atom is -0.808 e. The molecule has 0 radical (unpaired) electrons. The molecule has 0 aliphatic carbocycles. The molecule has 2 rings (SSSR count). The van der Waals surface area contributed by atoms with Crippen molar-refractivity contribution in [2.24, 2.45) is 0 Å². The van der Waals surface area contributed by atoms with Crippen molar-refractivity contribution in [1.29, 1.82) is 0 Å². The van der Waals surface area contributed by atoms with Crippen LogP contribution in [0, 0.1) is 13.8 Å². The van der Waals surface area contributed by atoms with Gasteiger partial charge in [-0.3, -0.25) is 0 Å². The summed E-state index contributed by atoms with van der Waals surface area (Å²) in [6, 6.07) is 11.9. The molecule has 4 nitrogen and oxygen atoms in total. The van der Waals surface area contributed by atoms with Crippen molar-refractivity contribution in [1.82, 2.24) is 0 Å². The van der Waals surface area contributed by atoms with Crippen LogP contribution in [0.4, 0.5) is 0 Å². The van der Waals surface area contributed by atoms with E-state index in [-0.39, 0.29) is 0 Å². The fraction of sp³-hybridized carbons (Fsp3) is 0.684. The number of nitrogens with zero attached hydrogens (tertiary/aromatic N) is 1. The molecule has 244 valence electrons. The molecule has 5 heteroatoms. The number of aryl methyl sites for hydroxylation is 4. The van der Waals surface area contributed by atoms with E-state index in [1.54, 1.807) is 0 Å². The summed E-state index contributed by atoms with van der Waals surface area (Å²) >= 11 is 0. The number of unbranched alkanes of at least 4 members (excludes halogenated alkanes) is 6. The van der Waals surface area contributed by atoms with E-state index in [1.807, 2.05) is 24.3 Å². The fourth-order valence-corrected chi connectivity index (χ4v) is 5.65. The predicted molar refractivity (Wildman–Crippen MR) is 186 cm³/mol. The van der Waals surface area contributed by atoms with Gasteiger partial charge in [0.15, 0.2) is 0 Å². The van der Waals surface area contributed by atoms with Gasteiger partial charge in [0.2, 0.25) is 0 Å². The summed E-state index contributed by atoms with van der Waals surface area (Å²) in [7, 11) is -1.57. The highest BCUT2D eigenvalue weighted by Crippen LogP contribution is 2.25. The Morgan fingerprint density at radius 2 is 0.860 bits per heavy atom. The maximum atomic E-state index is 12.4. The summed E-state index contributed by atoms with van der Waals surface area (Å²) in [5.41, 5.74) is 4.50. The highest BCUT2D eigenvalue weighted by Gasteiger charge is 2.24. The lowest BCUT2D eigenvalue weighted by Crippen LogP contribution is -2.50. The van der Waals surface area contributed by atoms with E-state index in [2.05, 4.69) is 67.5 Å². The van der Waals surface area contributed by atoms with Gasteiger partial charge in [0.05, 0.1) is 26.2 Å². The van der Waals surface area contributed by atoms with Crippen LogP contribution in [0.25, 0.3) is 0 Å². The highest BCUT2D eigenvalue weighted by atomic mass is 16.7. The van der Waals surface area contributed by atoms with E-state index in [0.717, 1.165) is 49.7 Å². The standard InChI is InChI=1S/C22H30BO3.C16H36N/c1-5-7-9-19-15-17(3)11-13-21(19)25-23(24)26-22-14-12-18(4)16-20(22)10-8-6-2;1-5-9-13-17(14-10-6-2,15-11-7-3)16-12-8-4/h11-16H,5-10H2,1-4H3;5-16H2,1-4H3/q-1;+1. The minimum absolute atomic E-state index is 0.631. The smallest absolute Gasteiger partial charge is 0.492 e. The highest BCUT2D eigenvalue weighted by molar-refractivity contribution is 6.34. The number of hydrogen-bond donors (Lipinski definition) is 0. The van der Waals surface area contributed by atoms with Gasteiger partial charge in [0, 0.05) is 0 Å². The van der Waals surface area contributed by atoms with Gasteiger partial charge in [-0.2, -0.15) is 0 Å². The zero-order valence-electron chi connectivity index (χ0n) is 29.4. The minimum atomic E-state index is -1.57. The summed E-state index contributed by atoms with van der Waals surface area (Å²) in [4.78, 5) is 0. The molecule has 0 atom stereocenters. The van der Waals surface area contributed by atoms with Gasteiger partial charge in [0.1, 0.15) is 11.5 Å². The molecular formula is C38H66BNO3. The van der Waals surface area contributed by atoms with Gasteiger partial charge in [-0.25, -0.2) is 0 Å². The van der Waals surface area contributed by atoms with Crippen LogP contribution in [0.3, 0.4) is 0 Å². The van der Waals surface area contributed by atoms with Gasteiger partial charge in [-0.15, -0.1) is 0 Å². The van der Waals surface area contributed by atoms with Crippen LogP contribution >= 0.6 is 0 Å². The molecule has 0 heterocycles. The molecule has 0 spiro atoms. The average molecular weight is 596 g/mol. The number of hydrogen-bond acceptors (Lipinski definition) is 3. The van der Waals surface area contributed by atoms with E-state index in [4.69, 9.17) is 9.31 Å². The molecule has 0 bridgehead atoms. The van der Waals surface area contributed by atoms with Crippen LogP contribution < -0.4 is 14.3 Å². The third kappa shape index (κ3) is 16.1. The van der Waals surface area contributed by atoms with Crippen LogP contribution in [-0.2, 0) is 12.8 Å². The predicted octanol–water partition coefficient (Wildman–Crippen LogP) is 9.80. The zero-order valence-corrected chi connectivity index (χ0v) is 29.4. The number of quaternary nitrogens is 1. The zero-order chi connectivity index (χ0) is 31.9. The van der Waals surface area contributed by atoms with Crippen LogP contribution in [0.5, 0.6) is 11.5 Å². The third-order valence-electron chi connectivity index (χ3n) is 8.42. The maximum Gasteiger partial charge on any atom is 0.492 e. The lowest BCUT2D eigenvalue weighted by Gasteiger charge is -2.39. The lowest BCUT2D eigenvalue weighted by atomic mass is 10.0. The van der Waals surface area contributed by atoms with Gasteiger partial charge in [-0.1, -0.05) is 115 Å². The van der Waals surface area contributed by atoms with Crippen LogP contribution in [0.1, 0.15) is 141 Å². The van der Waals surface area contributed by atoms with E-state index < -0.39 is 7.32 Å². The Hall–Kier alpha value is -1.98. The molecule has 0 aliphatic rings. The van der Waals surface area contributed by atoms with E-state index in [1.165, 1.54) is 93.2 Å². The van der Waals surface area contributed by atoms with Crippen molar-refractivity contribution in [2.45, 2.75) is 145 Å². The Balaban J connectivity index is 0.000000474. The number of rotatable bonds is 22. The first-order chi connectivity index (χ1) is 20.8. The first kappa shape index (κ1) is 39.0. The van der Waals surface area contributed by atoms with E-state index in [0.29, 0.717) is 11.5 Å². The van der Waals surface area contributed by atoms with Gasteiger partial charge in [0.25, 0.3) is 0 Å². The van der Waals surface area contributed by atoms with Crippen molar-refractivity contribution in [2.75, 3.05) is 26.2 Å². The average Bonchev–Trinajstić information content (AvgIpc) is 3.00. The fourth-order valence-electron chi connectivity index (χ4n) is 5.65. The summed E-state index contributed by atoms with van der Waals surface area (Å²) in [5, 5.41) is 12.4. The second-order valence-electron chi connectivity index (χ2n) is 12.6. The molecular weight excluding hydrogens is 529 g/mol. The van der Waals surface area contributed by atoms with E-state index in [9.17, 15) is 5.02 Å². The molecule has 2 aromatic rings. The van der Waals surface area contributed by atoms with Gasteiger partial charge < -0.3 is 18.8 Å². The lowest BCUT2D eigenvalue weighted by molar-refractivity contribution is -0.929. The molecule has 0 unspecified atom stereocenters. The summed E-state index contributed by atoms with van der Waals surface area (Å²) in [5.74, 6) is 1.26. The summed E-state index contributed by atoms with van der Waals surface area (Å²) < 4.78 is 12.6. The molecule has 0 fully saturated rings. The molecule has 0 aliphatic heterocycles. The van der Waals surface area contributed by atoms with Crippen molar-refractivity contribution in [3.63, 3.8) is 0 Å². The van der Waals surface area contributed by atoms with Crippen molar-refractivity contribution in [3.8, 4) is 11.5 Å². The van der Waals surface area contributed by atoms with Crippen molar-refractivity contribution < 1.29 is 18.8 Å². The van der Waals surface area contributed by atoms with Crippen LogP contribution in [0.2, 0.25) is 0 Å². The Morgan fingerprint density at radius 3 is 1.16 bits per heavy atom. The first-order valence-corrected chi connectivity index (χ1v) is 17.8. The molecule has 0 aromatic heterocycles. The van der Waals surface area contributed by atoms with Crippen LogP contribution in [-0.4, -0.2) is 38.0 Å². The molecule has 0 saturated carbocycles. The quantitative estimate of drug-likeness (QED) is 0.101. The normalized spacial score (nSPS) is 11.2. The Kier molecular flexibility index (Phi) is 21.3. The van der Waals surface area contributed by atoms with Crippen molar-refractivity contribution >= 4 is 7.32 Å². The van der Waals surface area contributed by atoms with Gasteiger partial charge >= 0.3 is 7.32 Å². The first-order valence-electron chi connectivity index (χ1n) is 17.8. The molecule has 0 amide bonds. The molecule has 0 saturated heterocycles. The Morgan fingerprint density at radius 1 is 0.535 bits per heavy atom. The monoisotopic (exact) mass is 596 g/mol. The Labute approximate surface area is 267 Å². The molecule has 43 heavy (non-hydrogen) atoms. The SMILES string of the molecule is CCCC[N+](CCCC)(CCCC)CCCC.CCCCc1cc(C)ccc1OB([O-])Oc1ccc(C)cc1CCCC. The maximum absolute atomic E-state index is 12.4. The van der Waals surface area contributed by atoms with Crippen LogP contribution in [0.15, 0.2) is 36.4 Å².